The van der Waals surface area contributed by atoms with E-state index in [-0.39, 0.29) is 5.69 Å². The summed E-state index contributed by atoms with van der Waals surface area (Å²) in [6, 6.07) is 12.5. The van der Waals surface area contributed by atoms with Crippen LogP contribution in [0.15, 0.2) is 61.1 Å². The van der Waals surface area contributed by atoms with E-state index in [1.165, 1.54) is 6.20 Å². The molecule has 7 heteroatoms. The average Bonchev–Trinajstić information content (AvgIpc) is 2.56. The van der Waals surface area contributed by atoms with E-state index in [9.17, 15) is 10.1 Å². The summed E-state index contributed by atoms with van der Waals surface area (Å²) >= 11 is 0. The summed E-state index contributed by atoms with van der Waals surface area (Å²) in [5.74, 6) is 1.87. The third-order valence-electron chi connectivity index (χ3n) is 3.27. The van der Waals surface area contributed by atoms with Gasteiger partial charge in [0.15, 0.2) is 0 Å². The lowest BCUT2D eigenvalue weighted by molar-refractivity contribution is -0.385. The molecule has 1 N–H and O–H groups in total. The van der Waals surface area contributed by atoms with E-state index in [0.29, 0.717) is 22.9 Å². The normalized spacial score (nSPS) is 10.2. The molecule has 0 bridgehead atoms. The molecular weight excluding hydrogens is 308 g/mol. The highest BCUT2D eigenvalue weighted by Crippen LogP contribution is 2.26. The minimum atomic E-state index is -0.449. The fraction of sp³-hybridized carbons (Fsp3) is 0.0588. The second-order valence-corrected chi connectivity index (χ2v) is 5.05. The molecule has 0 spiro atoms. The standard InChI is InChI=1S/C17H14N4O3/c1-12-9-17(19-11-16(12)21(22)23)20-13-3-2-4-15(10-13)24-14-5-7-18-8-6-14/h2-11H,1H3,(H,19,20). The van der Waals surface area contributed by atoms with Crippen molar-refractivity contribution in [2.45, 2.75) is 6.92 Å². The van der Waals surface area contributed by atoms with Gasteiger partial charge in [-0.1, -0.05) is 6.07 Å². The zero-order chi connectivity index (χ0) is 16.9. The van der Waals surface area contributed by atoms with Crippen LogP contribution >= 0.6 is 0 Å². The summed E-state index contributed by atoms with van der Waals surface area (Å²) in [4.78, 5) is 18.4. The van der Waals surface area contributed by atoms with Crippen LogP contribution < -0.4 is 10.1 Å². The van der Waals surface area contributed by atoms with E-state index in [1.807, 2.05) is 24.3 Å². The van der Waals surface area contributed by atoms with E-state index in [4.69, 9.17) is 4.74 Å². The number of nitro groups is 1. The van der Waals surface area contributed by atoms with Crippen molar-refractivity contribution < 1.29 is 9.66 Å². The van der Waals surface area contributed by atoms with Gasteiger partial charge < -0.3 is 10.1 Å². The second-order valence-electron chi connectivity index (χ2n) is 5.05. The fourth-order valence-corrected chi connectivity index (χ4v) is 2.14. The zero-order valence-electron chi connectivity index (χ0n) is 12.8. The maximum Gasteiger partial charge on any atom is 0.290 e. The highest BCUT2D eigenvalue weighted by molar-refractivity contribution is 5.60. The van der Waals surface area contributed by atoms with Crippen molar-refractivity contribution in [1.29, 1.82) is 0 Å². The van der Waals surface area contributed by atoms with Crippen molar-refractivity contribution in [3.8, 4) is 11.5 Å². The minimum absolute atomic E-state index is 0.00433. The molecular formula is C17H14N4O3. The zero-order valence-corrected chi connectivity index (χ0v) is 12.8. The van der Waals surface area contributed by atoms with Gasteiger partial charge in [-0.15, -0.1) is 0 Å². The monoisotopic (exact) mass is 322 g/mol. The van der Waals surface area contributed by atoms with Crippen LogP contribution in [0.3, 0.4) is 0 Å². The number of nitrogens with one attached hydrogen (secondary N) is 1. The van der Waals surface area contributed by atoms with Crippen LogP contribution in [0.25, 0.3) is 0 Å². The number of rotatable bonds is 5. The lowest BCUT2D eigenvalue weighted by Gasteiger charge is -2.09. The Morgan fingerprint density at radius 3 is 2.62 bits per heavy atom. The van der Waals surface area contributed by atoms with E-state index in [2.05, 4.69) is 15.3 Å². The Morgan fingerprint density at radius 2 is 1.92 bits per heavy atom. The molecule has 2 aromatic heterocycles. The van der Waals surface area contributed by atoms with Gasteiger partial charge in [-0.05, 0) is 37.3 Å². The molecule has 1 aromatic carbocycles. The van der Waals surface area contributed by atoms with Gasteiger partial charge in [0.1, 0.15) is 23.5 Å². The number of ether oxygens (including phenoxy) is 1. The number of aryl methyl sites for hydroxylation is 1. The first-order valence-corrected chi connectivity index (χ1v) is 7.18. The predicted octanol–water partition coefficient (Wildman–Crippen LogP) is 4.23. The van der Waals surface area contributed by atoms with Crippen molar-refractivity contribution in [1.82, 2.24) is 9.97 Å². The molecule has 7 nitrogen and oxygen atoms in total. The van der Waals surface area contributed by atoms with Gasteiger partial charge in [-0.25, -0.2) is 4.98 Å². The second kappa shape index (κ2) is 6.74. The highest BCUT2D eigenvalue weighted by Gasteiger charge is 2.11. The highest BCUT2D eigenvalue weighted by atomic mass is 16.6. The van der Waals surface area contributed by atoms with Crippen LogP contribution in [0.2, 0.25) is 0 Å². The van der Waals surface area contributed by atoms with Crippen molar-refractivity contribution in [3.63, 3.8) is 0 Å². The van der Waals surface area contributed by atoms with E-state index in [0.717, 1.165) is 5.69 Å². The summed E-state index contributed by atoms with van der Waals surface area (Å²) in [5, 5.41) is 13.9. The topological polar surface area (TPSA) is 90.2 Å². The summed E-state index contributed by atoms with van der Waals surface area (Å²) in [6.45, 7) is 1.67. The third kappa shape index (κ3) is 3.64. The molecule has 0 amide bonds. The predicted molar refractivity (Wildman–Crippen MR) is 89.7 cm³/mol. The van der Waals surface area contributed by atoms with Crippen molar-refractivity contribution >= 4 is 17.2 Å². The van der Waals surface area contributed by atoms with Crippen LogP contribution in [0, 0.1) is 17.0 Å². The van der Waals surface area contributed by atoms with Crippen molar-refractivity contribution in [2.24, 2.45) is 0 Å². The summed E-state index contributed by atoms with van der Waals surface area (Å²) in [5.41, 5.74) is 1.30. The molecule has 0 unspecified atom stereocenters. The number of pyridine rings is 2. The number of anilines is 2. The van der Waals surface area contributed by atoms with Gasteiger partial charge in [-0.2, -0.15) is 0 Å². The summed E-state index contributed by atoms with van der Waals surface area (Å²) in [7, 11) is 0. The lowest BCUT2D eigenvalue weighted by Crippen LogP contribution is -1.98. The molecule has 0 saturated heterocycles. The van der Waals surface area contributed by atoms with Crippen LogP contribution in [0.4, 0.5) is 17.2 Å². The van der Waals surface area contributed by atoms with Gasteiger partial charge in [0.2, 0.25) is 0 Å². The average molecular weight is 322 g/mol. The maximum absolute atomic E-state index is 10.8. The Balaban J connectivity index is 1.77. The van der Waals surface area contributed by atoms with Crippen LogP contribution in [-0.2, 0) is 0 Å². The molecule has 2 heterocycles. The van der Waals surface area contributed by atoms with E-state index in [1.54, 1.807) is 37.5 Å². The first kappa shape index (κ1) is 15.4. The molecule has 0 aliphatic rings. The number of hydrogen-bond donors (Lipinski definition) is 1. The molecule has 0 saturated carbocycles. The number of aromatic nitrogens is 2. The summed E-state index contributed by atoms with van der Waals surface area (Å²) in [6.07, 6.45) is 4.55. The summed E-state index contributed by atoms with van der Waals surface area (Å²) < 4.78 is 5.74. The molecule has 0 radical (unpaired) electrons. The Morgan fingerprint density at radius 1 is 1.12 bits per heavy atom. The smallest absolute Gasteiger partial charge is 0.290 e. The molecule has 0 aliphatic heterocycles. The SMILES string of the molecule is Cc1cc(Nc2cccc(Oc3ccncc3)c2)ncc1[N+](=O)[O-]. The number of hydrogen-bond acceptors (Lipinski definition) is 6. The van der Waals surface area contributed by atoms with Crippen LogP contribution in [0.1, 0.15) is 5.56 Å². The van der Waals surface area contributed by atoms with E-state index < -0.39 is 4.92 Å². The molecule has 3 aromatic rings. The Labute approximate surface area is 138 Å². The number of nitrogens with zero attached hydrogens (tertiary/aromatic N) is 3. The van der Waals surface area contributed by atoms with Crippen LogP contribution in [0.5, 0.6) is 11.5 Å². The lowest BCUT2D eigenvalue weighted by atomic mass is 10.2. The van der Waals surface area contributed by atoms with E-state index >= 15 is 0 Å². The van der Waals surface area contributed by atoms with Crippen molar-refractivity contribution in [2.75, 3.05) is 5.32 Å². The first-order valence-electron chi connectivity index (χ1n) is 7.18. The molecule has 0 fully saturated rings. The van der Waals surface area contributed by atoms with Gasteiger partial charge in [-0.3, -0.25) is 15.1 Å². The van der Waals surface area contributed by atoms with Gasteiger partial charge in [0.25, 0.3) is 5.69 Å². The Kier molecular flexibility index (Phi) is 4.33. The maximum atomic E-state index is 10.8. The first-order chi connectivity index (χ1) is 11.6. The Hall–Kier alpha value is -3.48. The number of benzene rings is 1. The largest absolute Gasteiger partial charge is 0.457 e. The Bertz CT molecular complexity index is 869. The molecule has 24 heavy (non-hydrogen) atoms. The van der Waals surface area contributed by atoms with Gasteiger partial charge in [0, 0.05) is 29.7 Å². The molecule has 0 aliphatic carbocycles. The third-order valence-corrected chi connectivity index (χ3v) is 3.27. The minimum Gasteiger partial charge on any atom is -0.457 e. The molecule has 3 rings (SSSR count). The molecule has 0 atom stereocenters. The fourth-order valence-electron chi connectivity index (χ4n) is 2.14. The molecule has 120 valence electrons. The van der Waals surface area contributed by atoms with Gasteiger partial charge >= 0.3 is 0 Å². The van der Waals surface area contributed by atoms with Crippen molar-refractivity contribution in [3.05, 3.63) is 76.7 Å². The quantitative estimate of drug-likeness (QED) is 0.558. The van der Waals surface area contributed by atoms with Gasteiger partial charge in [0.05, 0.1) is 4.92 Å². The van der Waals surface area contributed by atoms with Crippen LogP contribution in [-0.4, -0.2) is 14.9 Å².